The Kier molecular flexibility index (Phi) is 6.55. The third-order valence-electron chi connectivity index (χ3n) is 3.70. The van der Waals surface area contributed by atoms with Crippen molar-refractivity contribution in [2.75, 3.05) is 10.6 Å². The average molecular weight is 387 g/mol. The van der Waals surface area contributed by atoms with Crippen molar-refractivity contribution < 1.29 is 22.8 Å². The monoisotopic (exact) mass is 387 g/mol. The van der Waals surface area contributed by atoms with Crippen LogP contribution >= 0.6 is 0 Å². The van der Waals surface area contributed by atoms with Crippen molar-refractivity contribution in [2.24, 2.45) is 0 Å². The van der Waals surface area contributed by atoms with E-state index in [1.807, 2.05) is 19.1 Å². The minimum Gasteiger partial charge on any atom is -0.321 e. The van der Waals surface area contributed by atoms with E-state index in [9.17, 15) is 28.0 Å². The van der Waals surface area contributed by atoms with Crippen molar-refractivity contribution >= 4 is 29.3 Å². The first-order valence-corrected chi connectivity index (χ1v) is 8.23. The van der Waals surface area contributed by atoms with Gasteiger partial charge in [-0.05, 0) is 47.9 Å². The Morgan fingerprint density at radius 2 is 1.75 bits per heavy atom. The first-order valence-electron chi connectivity index (χ1n) is 8.23. The van der Waals surface area contributed by atoms with E-state index in [1.165, 1.54) is 30.3 Å². The summed E-state index contributed by atoms with van der Waals surface area (Å²) in [4.78, 5) is 23.3. The van der Waals surface area contributed by atoms with Gasteiger partial charge in [-0.3, -0.25) is 9.59 Å². The van der Waals surface area contributed by atoms with Gasteiger partial charge in [-0.1, -0.05) is 31.2 Å². The number of carbonyl (C=O) groups excluding carboxylic acids is 2. The number of anilines is 2. The number of hydrogen-bond donors (Lipinski definition) is 2. The van der Waals surface area contributed by atoms with Crippen LogP contribution in [-0.4, -0.2) is 18.0 Å². The molecular weight excluding hydrogens is 371 g/mol. The van der Waals surface area contributed by atoms with Crippen LogP contribution in [0.4, 0.5) is 24.5 Å². The number of nitrogens with zero attached hydrogens (tertiary/aromatic N) is 1. The molecule has 0 aliphatic heterocycles. The zero-order valence-corrected chi connectivity index (χ0v) is 14.8. The Labute approximate surface area is 159 Å². The molecular formula is C20H16F3N3O2. The highest BCUT2D eigenvalue weighted by molar-refractivity contribution is 6.09. The minimum atomic E-state index is -5.02. The summed E-state index contributed by atoms with van der Waals surface area (Å²) in [6.45, 7) is 2.00. The highest BCUT2D eigenvalue weighted by atomic mass is 19.4. The molecule has 8 heteroatoms. The molecule has 144 valence electrons. The van der Waals surface area contributed by atoms with E-state index in [4.69, 9.17) is 0 Å². The topological polar surface area (TPSA) is 82.0 Å². The molecule has 2 amide bonds. The summed E-state index contributed by atoms with van der Waals surface area (Å²) in [6.07, 6.45) is -2.95. The predicted octanol–water partition coefficient (Wildman–Crippen LogP) is 4.30. The van der Waals surface area contributed by atoms with Gasteiger partial charge in [-0.15, -0.1) is 0 Å². The number of alkyl halides is 3. The zero-order valence-electron chi connectivity index (χ0n) is 14.8. The summed E-state index contributed by atoms with van der Waals surface area (Å²) >= 11 is 0. The molecule has 5 nitrogen and oxygen atoms in total. The highest BCUT2D eigenvalue weighted by Crippen LogP contribution is 2.20. The van der Waals surface area contributed by atoms with Crippen LogP contribution in [0.1, 0.15) is 18.1 Å². The molecule has 0 saturated heterocycles. The van der Waals surface area contributed by atoms with E-state index < -0.39 is 18.0 Å². The number of nitriles is 1. The molecule has 0 fully saturated rings. The molecule has 0 bridgehead atoms. The molecule has 0 unspecified atom stereocenters. The third-order valence-corrected chi connectivity index (χ3v) is 3.70. The number of hydrogen-bond acceptors (Lipinski definition) is 3. The largest absolute Gasteiger partial charge is 0.471 e. The Hall–Kier alpha value is -3.60. The Bertz CT molecular complexity index is 942. The van der Waals surface area contributed by atoms with Gasteiger partial charge in [0.05, 0.1) is 0 Å². The van der Waals surface area contributed by atoms with Crippen LogP contribution in [0, 0.1) is 11.3 Å². The van der Waals surface area contributed by atoms with E-state index in [2.05, 4.69) is 5.32 Å². The standard InChI is InChI=1S/C20H16F3N3O2/c1-2-13-6-8-16(9-7-13)25-18(27)15(12-24)10-14-4-3-5-17(11-14)26-19(28)20(21,22)23/h3-11H,2H2,1H3,(H,25,27)(H,26,28)/b15-10+. The Morgan fingerprint density at radius 1 is 1.07 bits per heavy atom. The van der Waals surface area contributed by atoms with Gasteiger partial charge < -0.3 is 10.6 Å². The number of rotatable bonds is 5. The molecule has 0 atom stereocenters. The van der Waals surface area contributed by atoms with Crippen molar-refractivity contribution in [2.45, 2.75) is 19.5 Å². The lowest BCUT2D eigenvalue weighted by atomic mass is 10.1. The van der Waals surface area contributed by atoms with Crippen molar-refractivity contribution in [3.05, 3.63) is 65.2 Å². The van der Waals surface area contributed by atoms with Crippen LogP contribution in [0.25, 0.3) is 6.08 Å². The van der Waals surface area contributed by atoms with E-state index in [0.717, 1.165) is 12.0 Å². The van der Waals surface area contributed by atoms with Crippen molar-refractivity contribution in [3.8, 4) is 6.07 Å². The Morgan fingerprint density at radius 3 is 2.32 bits per heavy atom. The van der Waals surface area contributed by atoms with Gasteiger partial charge in [0.25, 0.3) is 5.91 Å². The van der Waals surface area contributed by atoms with Crippen LogP contribution < -0.4 is 10.6 Å². The molecule has 0 saturated carbocycles. The molecule has 0 aliphatic carbocycles. The number of amides is 2. The lowest BCUT2D eigenvalue weighted by Gasteiger charge is -2.08. The summed E-state index contributed by atoms with van der Waals surface area (Å²) in [5, 5.41) is 13.5. The predicted molar refractivity (Wildman–Crippen MR) is 99.2 cm³/mol. The molecule has 2 rings (SSSR count). The molecule has 0 heterocycles. The van der Waals surface area contributed by atoms with Gasteiger partial charge in [-0.2, -0.15) is 18.4 Å². The summed E-state index contributed by atoms with van der Waals surface area (Å²) < 4.78 is 37.0. The van der Waals surface area contributed by atoms with E-state index in [-0.39, 0.29) is 16.8 Å². The van der Waals surface area contributed by atoms with Gasteiger partial charge >= 0.3 is 12.1 Å². The maximum Gasteiger partial charge on any atom is 0.471 e. The van der Waals surface area contributed by atoms with Crippen molar-refractivity contribution in [1.29, 1.82) is 5.26 Å². The first kappa shape index (κ1) is 20.7. The Balaban J connectivity index is 2.16. The summed E-state index contributed by atoms with van der Waals surface area (Å²) in [7, 11) is 0. The normalized spacial score (nSPS) is 11.5. The second kappa shape index (κ2) is 8.86. The molecule has 0 aliphatic rings. The van der Waals surface area contributed by atoms with E-state index in [0.29, 0.717) is 5.69 Å². The molecule has 0 radical (unpaired) electrons. The third kappa shape index (κ3) is 5.71. The SMILES string of the molecule is CCc1ccc(NC(=O)/C(C#N)=C/c2cccc(NC(=O)C(F)(F)F)c2)cc1. The highest BCUT2D eigenvalue weighted by Gasteiger charge is 2.38. The van der Waals surface area contributed by atoms with Crippen LogP contribution in [0.15, 0.2) is 54.1 Å². The summed E-state index contributed by atoms with van der Waals surface area (Å²) in [5.41, 5.74) is 1.54. The fraction of sp³-hybridized carbons (Fsp3) is 0.150. The maximum absolute atomic E-state index is 12.3. The quantitative estimate of drug-likeness (QED) is 0.593. The molecule has 0 aromatic heterocycles. The molecule has 2 aromatic carbocycles. The molecule has 28 heavy (non-hydrogen) atoms. The van der Waals surface area contributed by atoms with Gasteiger partial charge in [0, 0.05) is 11.4 Å². The van der Waals surface area contributed by atoms with Gasteiger partial charge in [0.15, 0.2) is 0 Å². The number of aryl methyl sites for hydroxylation is 1. The van der Waals surface area contributed by atoms with Gasteiger partial charge in [-0.25, -0.2) is 0 Å². The number of nitrogens with one attached hydrogen (secondary N) is 2. The molecule has 0 spiro atoms. The van der Waals surface area contributed by atoms with Crippen molar-refractivity contribution in [3.63, 3.8) is 0 Å². The summed E-state index contributed by atoms with van der Waals surface area (Å²) in [6, 6.07) is 14.2. The smallest absolute Gasteiger partial charge is 0.321 e. The fourth-order valence-corrected chi connectivity index (χ4v) is 2.25. The second-order valence-electron chi connectivity index (χ2n) is 5.75. The zero-order chi connectivity index (χ0) is 20.7. The van der Waals surface area contributed by atoms with Gasteiger partial charge in [0.1, 0.15) is 11.6 Å². The lowest BCUT2D eigenvalue weighted by Crippen LogP contribution is -2.29. The maximum atomic E-state index is 12.3. The molecule has 2 N–H and O–H groups in total. The van der Waals surface area contributed by atoms with Crippen molar-refractivity contribution in [1.82, 2.24) is 0 Å². The average Bonchev–Trinajstić information content (AvgIpc) is 2.66. The minimum absolute atomic E-state index is 0.107. The number of halogens is 3. The lowest BCUT2D eigenvalue weighted by molar-refractivity contribution is -0.167. The fourth-order valence-electron chi connectivity index (χ4n) is 2.25. The number of carbonyl (C=O) groups is 2. The second-order valence-corrected chi connectivity index (χ2v) is 5.75. The number of benzene rings is 2. The van der Waals surface area contributed by atoms with Crippen LogP contribution in [0.5, 0.6) is 0 Å². The van der Waals surface area contributed by atoms with Crippen LogP contribution in [0.2, 0.25) is 0 Å². The van der Waals surface area contributed by atoms with Gasteiger partial charge in [0.2, 0.25) is 0 Å². The van der Waals surface area contributed by atoms with Crippen LogP contribution in [0.3, 0.4) is 0 Å². The van der Waals surface area contributed by atoms with E-state index >= 15 is 0 Å². The van der Waals surface area contributed by atoms with E-state index in [1.54, 1.807) is 23.5 Å². The first-order chi connectivity index (χ1) is 13.2. The molecule has 2 aromatic rings. The summed E-state index contributed by atoms with van der Waals surface area (Å²) in [5.74, 6) is -2.76. The van der Waals surface area contributed by atoms with Crippen LogP contribution in [-0.2, 0) is 16.0 Å².